The lowest BCUT2D eigenvalue weighted by molar-refractivity contribution is 0.0600. The summed E-state index contributed by atoms with van der Waals surface area (Å²) < 4.78 is 7.48. The maximum Gasteiger partial charge on any atom is 0.345 e. The quantitative estimate of drug-likeness (QED) is 0.485. The van der Waals surface area contributed by atoms with Crippen LogP contribution in [0.3, 0.4) is 0 Å². The zero-order chi connectivity index (χ0) is 21.4. The fraction of sp³-hybridized carbons (Fsp3) is 0.150. The van der Waals surface area contributed by atoms with E-state index in [2.05, 4.69) is 15.3 Å². The van der Waals surface area contributed by atoms with E-state index in [9.17, 15) is 14.7 Å². The molecule has 1 unspecified atom stereocenters. The number of pyridine rings is 2. The molecule has 152 valence electrons. The number of aliphatic hydroxyl groups excluding tert-OH is 1. The molecule has 3 aromatic heterocycles. The minimum Gasteiger partial charge on any atom is -0.465 e. The molecule has 0 spiro atoms. The highest BCUT2D eigenvalue weighted by atomic mass is 16.5. The maximum atomic E-state index is 13.3. The van der Waals surface area contributed by atoms with Crippen molar-refractivity contribution < 1.29 is 14.6 Å². The topological polar surface area (TPSA) is 138 Å². The summed E-state index contributed by atoms with van der Waals surface area (Å²) in [5.74, 6) is -0.423. The van der Waals surface area contributed by atoms with Crippen molar-refractivity contribution in [1.29, 1.82) is 0 Å². The van der Waals surface area contributed by atoms with Crippen molar-refractivity contribution in [2.24, 2.45) is 0 Å². The molecule has 4 rings (SSSR count). The monoisotopic (exact) mass is 406 g/mol. The van der Waals surface area contributed by atoms with Crippen LogP contribution in [0.4, 0.5) is 5.69 Å². The van der Waals surface area contributed by atoms with E-state index in [1.807, 2.05) is 0 Å². The molecule has 0 aliphatic carbocycles. The highest BCUT2D eigenvalue weighted by molar-refractivity contribution is 6.03. The first kappa shape index (κ1) is 19.3. The number of hydrogen-bond acceptors (Lipinski definition) is 8. The van der Waals surface area contributed by atoms with Gasteiger partial charge < -0.3 is 15.6 Å². The van der Waals surface area contributed by atoms with Crippen LogP contribution in [0.25, 0.3) is 22.5 Å². The van der Waals surface area contributed by atoms with Crippen LogP contribution in [0, 0.1) is 0 Å². The molecule has 30 heavy (non-hydrogen) atoms. The van der Waals surface area contributed by atoms with E-state index in [0.717, 1.165) is 0 Å². The van der Waals surface area contributed by atoms with Crippen molar-refractivity contribution in [1.82, 2.24) is 24.5 Å². The van der Waals surface area contributed by atoms with Crippen LogP contribution < -0.4 is 11.3 Å². The van der Waals surface area contributed by atoms with Crippen LogP contribution in [0.1, 0.15) is 28.9 Å². The van der Waals surface area contributed by atoms with Crippen LogP contribution in [0.5, 0.6) is 0 Å². The van der Waals surface area contributed by atoms with Gasteiger partial charge >= 0.3 is 5.97 Å². The minimum absolute atomic E-state index is 0.0173. The number of hydrogen-bond donors (Lipinski definition) is 2. The third kappa shape index (κ3) is 3.08. The number of esters is 1. The van der Waals surface area contributed by atoms with Gasteiger partial charge in [-0.15, -0.1) is 5.10 Å². The van der Waals surface area contributed by atoms with Crippen molar-refractivity contribution in [3.63, 3.8) is 0 Å². The molecule has 0 aliphatic heterocycles. The SMILES string of the molecule is COC(=O)c1c(N)c2ccc(-n3ccnn3)nc2n(-c2ccc(C(C)O)cc2)c1=O. The summed E-state index contributed by atoms with van der Waals surface area (Å²) in [5, 5.41) is 17.8. The number of nitrogens with zero attached hydrogens (tertiary/aromatic N) is 5. The summed E-state index contributed by atoms with van der Waals surface area (Å²) in [7, 11) is 1.18. The number of methoxy groups -OCH3 is 1. The average Bonchev–Trinajstić information content (AvgIpc) is 3.28. The van der Waals surface area contributed by atoms with Crippen LogP contribution in [-0.2, 0) is 4.74 Å². The van der Waals surface area contributed by atoms with Gasteiger partial charge in [0.2, 0.25) is 0 Å². The Balaban J connectivity index is 2.07. The van der Waals surface area contributed by atoms with Crippen molar-refractivity contribution in [3.8, 4) is 11.5 Å². The summed E-state index contributed by atoms with van der Waals surface area (Å²) in [6, 6.07) is 10.00. The predicted molar refractivity (Wildman–Crippen MR) is 109 cm³/mol. The van der Waals surface area contributed by atoms with E-state index in [4.69, 9.17) is 10.5 Å². The third-order valence-corrected chi connectivity index (χ3v) is 4.73. The van der Waals surface area contributed by atoms with Gasteiger partial charge in [0.05, 0.1) is 37.0 Å². The van der Waals surface area contributed by atoms with Crippen LogP contribution in [0.15, 0.2) is 53.6 Å². The molecule has 0 radical (unpaired) electrons. The lowest BCUT2D eigenvalue weighted by Crippen LogP contribution is -2.29. The largest absolute Gasteiger partial charge is 0.465 e. The number of aromatic nitrogens is 5. The van der Waals surface area contributed by atoms with Crippen molar-refractivity contribution in [3.05, 3.63) is 70.3 Å². The Morgan fingerprint density at radius 3 is 2.53 bits per heavy atom. The standard InChI is InChI=1S/C20H18N6O4/c1-11(27)12-3-5-13(6-4-12)26-18-14(17(21)16(19(26)28)20(29)30-2)7-8-15(23-18)25-10-9-22-24-25/h3-11,27H,21H2,1-2H3. The summed E-state index contributed by atoms with van der Waals surface area (Å²) in [5.41, 5.74) is 6.55. The maximum absolute atomic E-state index is 13.3. The number of anilines is 1. The van der Waals surface area contributed by atoms with Crippen LogP contribution in [0.2, 0.25) is 0 Å². The second-order valence-electron chi connectivity index (χ2n) is 6.58. The highest BCUT2D eigenvalue weighted by Gasteiger charge is 2.23. The Morgan fingerprint density at radius 2 is 1.93 bits per heavy atom. The van der Waals surface area contributed by atoms with Gasteiger partial charge in [-0.2, -0.15) is 0 Å². The summed E-state index contributed by atoms with van der Waals surface area (Å²) in [6.45, 7) is 1.64. The van der Waals surface area contributed by atoms with Crippen LogP contribution in [-0.4, -0.2) is 42.7 Å². The Bertz CT molecular complexity index is 1290. The summed E-state index contributed by atoms with van der Waals surface area (Å²) in [4.78, 5) is 30.1. The number of fused-ring (bicyclic) bond motifs is 1. The lowest BCUT2D eigenvalue weighted by atomic mass is 10.1. The zero-order valence-electron chi connectivity index (χ0n) is 16.2. The summed E-state index contributed by atoms with van der Waals surface area (Å²) >= 11 is 0. The molecule has 0 aliphatic rings. The molecule has 1 aromatic carbocycles. The molecule has 1 atom stereocenters. The molecule has 0 fully saturated rings. The molecule has 3 N–H and O–H groups in total. The fourth-order valence-electron chi connectivity index (χ4n) is 3.18. The smallest absolute Gasteiger partial charge is 0.345 e. The van der Waals surface area contributed by atoms with E-state index >= 15 is 0 Å². The molecule has 0 saturated carbocycles. The number of carbonyl (C=O) groups excluding carboxylic acids is 1. The predicted octanol–water partition coefficient (Wildman–Crippen LogP) is 1.39. The zero-order valence-corrected chi connectivity index (χ0v) is 16.2. The molecular weight excluding hydrogens is 388 g/mol. The number of aliphatic hydroxyl groups is 1. The Labute approximate surface area is 170 Å². The molecule has 4 aromatic rings. The second kappa shape index (κ2) is 7.41. The van der Waals surface area contributed by atoms with Gasteiger partial charge in [0.1, 0.15) is 5.56 Å². The molecule has 0 bridgehead atoms. The third-order valence-electron chi connectivity index (χ3n) is 4.73. The van der Waals surface area contributed by atoms with Gasteiger partial charge in [-0.1, -0.05) is 17.3 Å². The normalized spacial score (nSPS) is 12.1. The number of carbonyl (C=O) groups is 1. The lowest BCUT2D eigenvalue weighted by Gasteiger charge is -2.15. The Hall–Kier alpha value is -4.05. The van der Waals surface area contributed by atoms with Gasteiger partial charge in [0.15, 0.2) is 11.5 Å². The van der Waals surface area contributed by atoms with E-state index in [1.54, 1.807) is 49.5 Å². The number of nitrogen functional groups attached to an aromatic ring is 1. The van der Waals surface area contributed by atoms with Gasteiger partial charge in [-0.3, -0.25) is 9.36 Å². The first-order valence-corrected chi connectivity index (χ1v) is 9.01. The number of ether oxygens (including phenoxy) is 1. The van der Waals surface area contributed by atoms with E-state index < -0.39 is 17.6 Å². The highest BCUT2D eigenvalue weighted by Crippen LogP contribution is 2.26. The van der Waals surface area contributed by atoms with Gasteiger partial charge in [-0.05, 0) is 36.8 Å². The van der Waals surface area contributed by atoms with Crippen molar-refractivity contribution in [2.75, 3.05) is 12.8 Å². The number of rotatable bonds is 4. The van der Waals surface area contributed by atoms with Crippen molar-refractivity contribution in [2.45, 2.75) is 13.0 Å². The van der Waals surface area contributed by atoms with E-state index in [0.29, 0.717) is 22.5 Å². The second-order valence-corrected chi connectivity index (χ2v) is 6.58. The minimum atomic E-state index is -0.839. The molecule has 0 amide bonds. The van der Waals surface area contributed by atoms with E-state index in [-0.39, 0.29) is 16.9 Å². The average molecular weight is 406 g/mol. The molecule has 3 heterocycles. The molecule has 10 nitrogen and oxygen atoms in total. The number of nitrogens with two attached hydrogens (primary N) is 1. The first-order valence-electron chi connectivity index (χ1n) is 9.01. The van der Waals surface area contributed by atoms with Gasteiger partial charge in [0.25, 0.3) is 5.56 Å². The number of benzene rings is 1. The Kier molecular flexibility index (Phi) is 4.76. The van der Waals surface area contributed by atoms with Crippen molar-refractivity contribution >= 4 is 22.7 Å². The van der Waals surface area contributed by atoms with Gasteiger partial charge in [-0.25, -0.2) is 14.5 Å². The fourth-order valence-corrected chi connectivity index (χ4v) is 3.18. The Morgan fingerprint density at radius 1 is 1.20 bits per heavy atom. The first-order chi connectivity index (χ1) is 14.4. The summed E-state index contributed by atoms with van der Waals surface area (Å²) in [6.07, 6.45) is 2.45. The molecular formula is C20H18N6O4. The molecule has 10 heteroatoms. The van der Waals surface area contributed by atoms with Crippen LogP contribution >= 0.6 is 0 Å². The molecule has 0 saturated heterocycles. The van der Waals surface area contributed by atoms with E-state index in [1.165, 1.54) is 22.6 Å². The van der Waals surface area contributed by atoms with Gasteiger partial charge in [0, 0.05) is 5.39 Å².